The summed E-state index contributed by atoms with van der Waals surface area (Å²) in [4.78, 5) is 13.0. The summed E-state index contributed by atoms with van der Waals surface area (Å²) in [7, 11) is 1.76. The van der Waals surface area contributed by atoms with Crippen molar-refractivity contribution < 1.29 is 14.6 Å². The lowest BCUT2D eigenvalue weighted by Gasteiger charge is -2.34. The van der Waals surface area contributed by atoms with E-state index < -0.39 is 5.97 Å². The van der Waals surface area contributed by atoms with E-state index in [0.29, 0.717) is 6.10 Å². The van der Waals surface area contributed by atoms with Crippen molar-refractivity contribution in [3.8, 4) is 0 Å². The van der Waals surface area contributed by atoms with Crippen molar-refractivity contribution >= 4 is 17.7 Å². The summed E-state index contributed by atoms with van der Waals surface area (Å²) in [5.41, 5.74) is 3.19. The molecule has 1 aromatic rings. The third-order valence-corrected chi connectivity index (χ3v) is 3.70. The van der Waals surface area contributed by atoms with E-state index in [1.54, 1.807) is 13.2 Å². The van der Waals surface area contributed by atoms with Crippen molar-refractivity contribution in [1.82, 2.24) is 0 Å². The second-order valence-electron chi connectivity index (χ2n) is 5.16. The molecular formula is C16H21NO3. The Morgan fingerprint density at radius 2 is 2.10 bits per heavy atom. The summed E-state index contributed by atoms with van der Waals surface area (Å²) in [5.74, 6) is -0.921. The quantitative estimate of drug-likeness (QED) is 0.858. The summed E-state index contributed by atoms with van der Waals surface area (Å²) < 4.78 is 5.39. The van der Waals surface area contributed by atoms with Gasteiger partial charge in [0.05, 0.1) is 6.10 Å². The number of ether oxygens (including phenoxy) is 1. The van der Waals surface area contributed by atoms with Crippen molar-refractivity contribution in [1.29, 1.82) is 0 Å². The maximum atomic E-state index is 10.7. The number of carboxylic acids is 1. The van der Waals surface area contributed by atoms with Gasteiger partial charge in [0, 0.05) is 32.0 Å². The Hall–Kier alpha value is -1.81. The highest BCUT2D eigenvalue weighted by Crippen LogP contribution is 2.27. The van der Waals surface area contributed by atoms with E-state index in [-0.39, 0.29) is 0 Å². The molecule has 0 atom stereocenters. The molecule has 0 aromatic heterocycles. The van der Waals surface area contributed by atoms with Crippen LogP contribution in [0, 0.1) is 6.92 Å². The van der Waals surface area contributed by atoms with Gasteiger partial charge in [0.25, 0.3) is 0 Å². The molecule has 4 heteroatoms. The van der Waals surface area contributed by atoms with Crippen LogP contribution >= 0.6 is 0 Å². The van der Waals surface area contributed by atoms with Crippen LogP contribution in [0.15, 0.2) is 24.3 Å². The third-order valence-electron chi connectivity index (χ3n) is 3.70. The fourth-order valence-electron chi connectivity index (χ4n) is 2.59. The number of piperidine rings is 1. The molecule has 1 N–H and O–H groups in total. The summed E-state index contributed by atoms with van der Waals surface area (Å²) in [6.07, 6.45) is 5.22. The molecule has 0 amide bonds. The zero-order chi connectivity index (χ0) is 14.5. The van der Waals surface area contributed by atoms with E-state index in [9.17, 15) is 4.79 Å². The summed E-state index contributed by atoms with van der Waals surface area (Å²) in [6.45, 7) is 3.89. The molecule has 20 heavy (non-hydrogen) atoms. The lowest BCUT2D eigenvalue weighted by Crippen LogP contribution is -2.37. The standard InChI is InChI=1S/C16H21NO3/c1-12-3-5-15(13(11-12)4-6-16(18)19)17-9-7-14(20-2)8-10-17/h3-6,11,14H,7-10H2,1-2H3,(H,18,19)/b6-4+. The fourth-order valence-corrected chi connectivity index (χ4v) is 2.59. The van der Waals surface area contributed by atoms with Gasteiger partial charge in [-0.15, -0.1) is 0 Å². The molecule has 0 saturated carbocycles. The first kappa shape index (κ1) is 14.6. The van der Waals surface area contributed by atoms with Crippen molar-refractivity contribution in [2.75, 3.05) is 25.1 Å². The molecule has 4 nitrogen and oxygen atoms in total. The SMILES string of the molecule is COC1CCN(c2ccc(C)cc2/C=C/C(=O)O)CC1. The zero-order valence-electron chi connectivity index (χ0n) is 12.0. The number of hydrogen-bond acceptors (Lipinski definition) is 3. The van der Waals surface area contributed by atoms with Crippen LogP contribution in [0.5, 0.6) is 0 Å². The van der Waals surface area contributed by atoms with E-state index in [4.69, 9.17) is 9.84 Å². The molecule has 1 fully saturated rings. The van der Waals surface area contributed by atoms with Crippen LogP contribution in [0.4, 0.5) is 5.69 Å². The van der Waals surface area contributed by atoms with Crippen LogP contribution < -0.4 is 4.90 Å². The van der Waals surface area contributed by atoms with Crippen molar-refractivity contribution in [2.45, 2.75) is 25.9 Å². The number of rotatable bonds is 4. The van der Waals surface area contributed by atoms with E-state index in [2.05, 4.69) is 17.0 Å². The maximum Gasteiger partial charge on any atom is 0.328 e. The topological polar surface area (TPSA) is 49.8 Å². The number of aliphatic carboxylic acids is 1. The molecule has 108 valence electrons. The molecule has 1 heterocycles. The Labute approximate surface area is 119 Å². The average molecular weight is 275 g/mol. The molecule has 1 aliphatic rings. The first-order valence-electron chi connectivity index (χ1n) is 6.89. The number of carbonyl (C=O) groups is 1. The highest BCUT2D eigenvalue weighted by atomic mass is 16.5. The van der Waals surface area contributed by atoms with Crippen LogP contribution in [-0.2, 0) is 9.53 Å². The summed E-state index contributed by atoms with van der Waals surface area (Å²) >= 11 is 0. The van der Waals surface area contributed by atoms with Gasteiger partial charge in [0.15, 0.2) is 0 Å². The van der Waals surface area contributed by atoms with Gasteiger partial charge in [-0.25, -0.2) is 4.79 Å². The van der Waals surface area contributed by atoms with Gasteiger partial charge in [-0.2, -0.15) is 0 Å². The predicted molar refractivity (Wildman–Crippen MR) is 80.1 cm³/mol. The third kappa shape index (κ3) is 3.61. The minimum atomic E-state index is -0.921. The van der Waals surface area contributed by atoms with E-state index in [1.165, 1.54) is 6.08 Å². The smallest absolute Gasteiger partial charge is 0.328 e. The molecule has 0 aliphatic carbocycles. The van der Waals surface area contributed by atoms with Gasteiger partial charge in [0.1, 0.15) is 0 Å². The van der Waals surface area contributed by atoms with E-state index in [1.807, 2.05) is 13.0 Å². The van der Waals surface area contributed by atoms with Crippen molar-refractivity contribution in [3.05, 3.63) is 35.4 Å². The fraction of sp³-hybridized carbons (Fsp3) is 0.438. The average Bonchev–Trinajstić information content (AvgIpc) is 2.45. The Morgan fingerprint density at radius 1 is 1.40 bits per heavy atom. The first-order chi connectivity index (χ1) is 9.60. The predicted octanol–water partition coefficient (Wildman–Crippen LogP) is 2.71. The number of benzene rings is 1. The second kappa shape index (κ2) is 6.57. The normalized spacial score (nSPS) is 16.8. The largest absolute Gasteiger partial charge is 0.478 e. The van der Waals surface area contributed by atoms with Crippen LogP contribution in [0.1, 0.15) is 24.0 Å². The van der Waals surface area contributed by atoms with Crippen molar-refractivity contribution in [3.63, 3.8) is 0 Å². The lowest BCUT2D eigenvalue weighted by atomic mass is 10.0. The zero-order valence-corrected chi connectivity index (χ0v) is 12.0. The lowest BCUT2D eigenvalue weighted by molar-refractivity contribution is -0.131. The number of hydrogen-bond donors (Lipinski definition) is 1. The highest BCUT2D eigenvalue weighted by molar-refractivity contribution is 5.87. The van der Waals surface area contributed by atoms with Gasteiger partial charge in [-0.1, -0.05) is 11.6 Å². The van der Waals surface area contributed by atoms with Crippen LogP contribution in [-0.4, -0.2) is 37.4 Å². The Bertz CT molecular complexity index is 502. The molecule has 2 rings (SSSR count). The summed E-state index contributed by atoms with van der Waals surface area (Å²) in [6, 6.07) is 6.16. The Morgan fingerprint density at radius 3 is 2.70 bits per heavy atom. The highest BCUT2D eigenvalue weighted by Gasteiger charge is 2.20. The minimum Gasteiger partial charge on any atom is -0.478 e. The second-order valence-corrected chi connectivity index (χ2v) is 5.16. The van der Waals surface area contributed by atoms with Gasteiger partial charge in [0.2, 0.25) is 0 Å². The van der Waals surface area contributed by atoms with Crippen LogP contribution in [0.2, 0.25) is 0 Å². The minimum absolute atomic E-state index is 0.342. The van der Waals surface area contributed by atoms with Crippen LogP contribution in [0.25, 0.3) is 6.08 Å². The monoisotopic (exact) mass is 275 g/mol. The number of nitrogens with zero attached hydrogens (tertiary/aromatic N) is 1. The van der Waals surface area contributed by atoms with E-state index in [0.717, 1.165) is 42.7 Å². The number of methoxy groups -OCH3 is 1. The van der Waals surface area contributed by atoms with E-state index >= 15 is 0 Å². The first-order valence-corrected chi connectivity index (χ1v) is 6.89. The molecule has 0 bridgehead atoms. The van der Waals surface area contributed by atoms with Gasteiger partial charge < -0.3 is 14.7 Å². The summed E-state index contributed by atoms with van der Waals surface area (Å²) in [5, 5.41) is 8.80. The molecule has 1 aliphatic heterocycles. The van der Waals surface area contributed by atoms with Crippen molar-refractivity contribution in [2.24, 2.45) is 0 Å². The molecule has 1 aromatic carbocycles. The number of anilines is 1. The van der Waals surface area contributed by atoms with Crippen LogP contribution in [0.3, 0.4) is 0 Å². The van der Waals surface area contributed by atoms with Gasteiger partial charge >= 0.3 is 5.97 Å². The Balaban J connectivity index is 2.20. The molecule has 0 spiro atoms. The number of carboxylic acid groups (broad SMARTS) is 1. The maximum absolute atomic E-state index is 10.7. The van der Waals surface area contributed by atoms with Gasteiger partial charge in [-0.3, -0.25) is 0 Å². The molecule has 0 radical (unpaired) electrons. The molecule has 1 saturated heterocycles. The van der Waals surface area contributed by atoms with Gasteiger partial charge in [-0.05, 0) is 43.5 Å². The molecule has 0 unspecified atom stereocenters. The Kier molecular flexibility index (Phi) is 4.79. The number of aryl methyl sites for hydroxylation is 1. The molecular weight excluding hydrogens is 254 g/mol.